The van der Waals surface area contributed by atoms with Crippen LogP contribution in [0.1, 0.15) is 10.4 Å². The Morgan fingerprint density at radius 2 is 1.87 bits per heavy atom. The number of halogens is 1. The number of hydrogen-bond donors (Lipinski definition) is 1. The first kappa shape index (κ1) is 17.9. The number of ether oxygens (including phenoxy) is 2. The van der Waals surface area contributed by atoms with E-state index in [2.05, 4.69) is 4.74 Å². The number of nitro groups is 1. The Morgan fingerprint density at radius 3 is 2.30 bits per heavy atom. The molecule has 0 spiro atoms. The van der Waals surface area contributed by atoms with Gasteiger partial charge >= 0.3 is 11.7 Å². The SMILES string of the molecule is COC(=O)c1ccc(OC)cc1O.O=[N+]([O-])c1ccccc1F. The number of aromatic hydroxyl groups is 1. The van der Waals surface area contributed by atoms with E-state index in [4.69, 9.17) is 4.74 Å². The van der Waals surface area contributed by atoms with Gasteiger partial charge in [0.2, 0.25) is 5.82 Å². The minimum absolute atomic E-state index is 0.128. The predicted octanol–water partition coefficient (Wildman–Crippen LogP) is 2.92. The van der Waals surface area contributed by atoms with Crippen molar-refractivity contribution in [3.63, 3.8) is 0 Å². The highest BCUT2D eigenvalue weighted by Gasteiger charge is 2.11. The van der Waals surface area contributed by atoms with Crippen LogP contribution in [0, 0.1) is 15.9 Å². The van der Waals surface area contributed by atoms with Crippen LogP contribution < -0.4 is 4.74 Å². The fourth-order valence-corrected chi connectivity index (χ4v) is 1.52. The summed E-state index contributed by atoms with van der Waals surface area (Å²) >= 11 is 0. The van der Waals surface area contributed by atoms with E-state index in [0.717, 1.165) is 12.1 Å². The Labute approximate surface area is 131 Å². The highest BCUT2D eigenvalue weighted by molar-refractivity contribution is 5.92. The van der Waals surface area contributed by atoms with Crippen LogP contribution in [-0.2, 0) is 4.74 Å². The van der Waals surface area contributed by atoms with Crippen LogP contribution in [0.5, 0.6) is 11.5 Å². The number of esters is 1. The number of para-hydroxylation sites is 1. The molecule has 0 amide bonds. The van der Waals surface area contributed by atoms with Crippen molar-refractivity contribution < 1.29 is 28.7 Å². The molecule has 2 aromatic carbocycles. The topological polar surface area (TPSA) is 98.9 Å². The molecule has 0 atom stereocenters. The summed E-state index contributed by atoms with van der Waals surface area (Å²) in [4.78, 5) is 20.2. The molecule has 0 fully saturated rings. The zero-order chi connectivity index (χ0) is 17.4. The number of phenols is 1. The van der Waals surface area contributed by atoms with Gasteiger partial charge in [0.05, 0.1) is 19.1 Å². The van der Waals surface area contributed by atoms with Gasteiger partial charge in [0.15, 0.2) is 0 Å². The number of carbonyl (C=O) groups excluding carboxylic acids is 1. The summed E-state index contributed by atoms with van der Waals surface area (Å²) in [6, 6.07) is 9.37. The number of phenolic OH excluding ortho intramolecular Hbond substituents is 1. The third-order valence-corrected chi connectivity index (χ3v) is 2.66. The smallest absolute Gasteiger partial charge is 0.341 e. The Morgan fingerprint density at radius 1 is 1.22 bits per heavy atom. The molecule has 0 unspecified atom stereocenters. The van der Waals surface area contributed by atoms with Crippen LogP contribution in [0.2, 0.25) is 0 Å². The number of hydrogen-bond acceptors (Lipinski definition) is 6. The van der Waals surface area contributed by atoms with Gasteiger partial charge in [-0.25, -0.2) is 4.79 Å². The highest BCUT2D eigenvalue weighted by Crippen LogP contribution is 2.23. The molecule has 0 saturated carbocycles. The van der Waals surface area contributed by atoms with E-state index in [1.807, 2.05) is 0 Å². The molecule has 1 N–H and O–H groups in total. The maximum Gasteiger partial charge on any atom is 0.341 e. The Hall–Kier alpha value is -3.16. The molecule has 23 heavy (non-hydrogen) atoms. The molecule has 8 heteroatoms. The lowest BCUT2D eigenvalue weighted by atomic mass is 10.2. The van der Waals surface area contributed by atoms with E-state index in [0.29, 0.717) is 5.75 Å². The average molecular weight is 323 g/mol. The maximum absolute atomic E-state index is 12.4. The molecule has 2 aromatic rings. The van der Waals surface area contributed by atoms with Crippen molar-refractivity contribution in [3.05, 3.63) is 64.0 Å². The maximum atomic E-state index is 12.4. The lowest BCUT2D eigenvalue weighted by Crippen LogP contribution is -2.01. The van der Waals surface area contributed by atoms with Gasteiger partial charge in [-0.2, -0.15) is 4.39 Å². The zero-order valence-corrected chi connectivity index (χ0v) is 12.4. The molecule has 0 radical (unpaired) electrons. The Kier molecular flexibility index (Phi) is 6.47. The first-order chi connectivity index (χ1) is 10.9. The van der Waals surface area contributed by atoms with Crippen LogP contribution in [0.4, 0.5) is 10.1 Å². The second kappa shape index (κ2) is 8.32. The van der Waals surface area contributed by atoms with Crippen molar-refractivity contribution in [2.24, 2.45) is 0 Å². The molecule has 0 aliphatic carbocycles. The van der Waals surface area contributed by atoms with Gasteiger partial charge in [-0.1, -0.05) is 12.1 Å². The molecule has 0 aliphatic rings. The molecule has 122 valence electrons. The van der Waals surface area contributed by atoms with E-state index >= 15 is 0 Å². The van der Waals surface area contributed by atoms with Crippen molar-refractivity contribution >= 4 is 11.7 Å². The highest BCUT2D eigenvalue weighted by atomic mass is 19.1. The number of nitrogens with zero attached hydrogens (tertiary/aromatic N) is 1. The number of nitro benzene ring substituents is 1. The van der Waals surface area contributed by atoms with Crippen LogP contribution in [0.3, 0.4) is 0 Å². The van der Waals surface area contributed by atoms with Crippen LogP contribution in [0.25, 0.3) is 0 Å². The first-order valence-electron chi connectivity index (χ1n) is 6.25. The number of rotatable bonds is 3. The number of benzene rings is 2. The predicted molar refractivity (Wildman–Crippen MR) is 79.1 cm³/mol. The molecule has 7 nitrogen and oxygen atoms in total. The lowest BCUT2D eigenvalue weighted by Gasteiger charge is -2.04. The first-order valence-corrected chi connectivity index (χ1v) is 6.25. The third-order valence-electron chi connectivity index (χ3n) is 2.66. The number of methoxy groups -OCH3 is 2. The summed E-state index contributed by atoms with van der Waals surface area (Å²) in [6.45, 7) is 0. The second-order valence-electron chi connectivity index (χ2n) is 4.08. The summed E-state index contributed by atoms with van der Waals surface area (Å²) in [5.74, 6) is -1.02. The molecule has 0 saturated heterocycles. The Balaban J connectivity index is 0.000000238. The summed E-state index contributed by atoms with van der Waals surface area (Å²) < 4.78 is 21.7. The van der Waals surface area contributed by atoms with Gasteiger partial charge in [0.1, 0.15) is 17.1 Å². The normalized spacial score (nSPS) is 9.35. The van der Waals surface area contributed by atoms with Gasteiger partial charge in [0, 0.05) is 12.1 Å². The van der Waals surface area contributed by atoms with Crippen molar-refractivity contribution in [3.8, 4) is 11.5 Å². The standard InChI is InChI=1S/C9H10O4.C6H4FNO2/c1-12-6-3-4-7(8(10)5-6)9(11)13-2;7-5-3-1-2-4-6(5)8(9)10/h3-5,10H,1-2H3;1-4H. The minimum Gasteiger partial charge on any atom is -0.507 e. The van der Waals surface area contributed by atoms with Crippen molar-refractivity contribution in [2.75, 3.05) is 14.2 Å². The third kappa shape index (κ3) is 4.95. The van der Waals surface area contributed by atoms with Crippen LogP contribution in [0.15, 0.2) is 42.5 Å². The molecular weight excluding hydrogens is 309 g/mol. The number of carbonyl (C=O) groups is 1. The van der Waals surface area contributed by atoms with Gasteiger partial charge in [-0.3, -0.25) is 10.1 Å². The fourth-order valence-electron chi connectivity index (χ4n) is 1.52. The molecular formula is C15H14FNO6. The van der Waals surface area contributed by atoms with Gasteiger partial charge in [-0.05, 0) is 18.2 Å². The van der Waals surface area contributed by atoms with E-state index in [9.17, 15) is 24.4 Å². The summed E-state index contributed by atoms with van der Waals surface area (Å²) in [5, 5.41) is 19.3. The van der Waals surface area contributed by atoms with Crippen molar-refractivity contribution in [1.29, 1.82) is 0 Å². The van der Waals surface area contributed by atoms with Crippen LogP contribution >= 0.6 is 0 Å². The zero-order valence-electron chi connectivity index (χ0n) is 12.4. The quantitative estimate of drug-likeness (QED) is 0.530. The van der Waals surface area contributed by atoms with Crippen LogP contribution in [-0.4, -0.2) is 30.2 Å². The van der Waals surface area contributed by atoms with Gasteiger partial charge in [0.25, 0.3) is 0 Å². The lowest BCUT2D eigenvalue weighted by molar-refractivity contribution is -0.387. The van der Waals surface area contributed by atoms with Gasteiger partial charge < -0.3 is 14.6 Å². The average Bonchev–Trinajstić information content (AvgIpc) is 2.54. The molecule has 0 heterocycles. The molecule has 0 aromatic heterocycles. The van der Waals surface area contributed by atoms with Crippen molar-refractivity contribution in [2.45, 2.75) is 0 Å². The van der Waals surface area contributed by atoms with E-state index < -0.39 is 22.4 Å². The summed E-state index contributed by atoms with van der Waals surface area (Å²) in [5.41, 5.74) is -0.356. The minimum atomic E-state index is -0.799. The van der Waals surface area contributed by atoms with E-state index in [1.165, 1.54) is 38.5 Å². The summed E-state index contributed by atoms with van der Waals surface area (Å²) in [7, 11) is 2.73. The molecule has 2 rings (SSSR count). The monoisotopic (exact) mass is 323 g/mol. The summed E-state index contributed by atoms with van der Waals surface area (Å²) in [6.07, 6.45) is 0. The van der Waals surface area contributed by atoms with E-state index in [-0.39, 0.29) is 11.3 Å². The van der Waals surface area contributed by atoms with Crippen molar-refractivity contribution in [1.82, 2.24) is 0 Å². The second-order valence-corrected chi connectivity index (χ2v) is 4.08. The largest absolute Gasteiger partial charge is 0.507 e. The molecule has 0 bridgehead atoms. The molecule has 0 aliphatic heterocycles. The van der Waals surface area contributed by atoms with Gasteiger partial charge in [-0.15, -0.1) is 0 Å². The van der Waals surface area contributed by atoms with E-state index in [1.54, 1.807) is 6.07 Å². The fraction of sp³-hybridized carbons (Fsp3) is 0.133. The Bertz CT molecular complexity index is 704.